The van der Waals surface area contributed by atoms with Gasteiger partial charge in [-0.2, -0.15) is 0 Å². The van der Waals surface area contributed by atoms with Crippen LogP contribution in [-0.4, -0.2) is 23.2 Å². The predicted molar refractivity (Wildman–Crippen MR) is 68.6 cm³/mol. The molecule has 1 aliphatic carbocycles. The molecule has 0 aromatic heterocycles. The van der Waals surface area contributed by atoms with E-state index < -0.39 is 12.1 Å². The van der Waals surface area contributed by atoms with E-state index in [2.05, 4.69) is 5.32 Å². The zero-order valence-corrected chi connectivity index (χ0v) is 10.9. The van der Waals surface area contributed by atoms with Gasteiger partial charge in [0.25, 0.3) is 0 Å². The zero-order chi connectivity index (χ0) is 13.8. The van der Waals surface area contributed by atoms with E-state index in [1.54, 1.807) is 6.92 Å². The van der Waals surface area contributed by atoms with Crippen molar-refractivity contribution in [3.8, 4) is 5.75 Å². The molecular formula is C14H18FNO3. The monoisotopic (exact) mass is 267 g/mol. The fourth-order valence-corrected chi connectivity index (χ4v) is 1.80. The molecule has 0 aliphatic heterocycles. The molecule has 19 heavy (non-hydrogen) atoms. The molecule has 1 aromatic rings. The number of hydrogen-bond donors (Lipinski definition) is 2. The van der Waals surface area contributed by atoms with Gasteiger partial charge in [-0.25, -0.2) is 9.18 Å². The minimum atomic E-state index is -1.01. The van der Waals surface area contributed by atoms with E-state index in [0.717, 1.165) is 12.8 Å². The molecule has 2 N–H and O–H groups in total. The minimum Gasteiger partial charge on any atom is -0.479 e. The SMILES string of the molecule is CCC(Oc1ccc(F)cc1CNC1CC1)C(=O)O. The maximum absolute atomic E-state index is 13.3. The number of benzene rings is 1. The average Bonchev–Trinajstić information content (AvgIpc) is 3.18. The van der Waals surface area contributed by atoms with Gasteiger partial charge in [0.15, 0.2) is 6.10 Å². The number of nitrogens with one attached hydrogen (secondary N) is 1. The number of carboxylic acid groups (broad SMARTS) is 1. The van der Waals surface area contributed by atoms with E-state index in [4.69, 9.17) is 9.84 Å². The van der Waals surface area contributed by atoms with Crippen LogP contribution in [0.1, 0.15) is 31.7 Å². The standard InChI is InChI=1S/C14H18FNO3/c1-2-12(14(17)18)19-13-6-3-10(15)7-9(13)8-16-11-4-5-11/h3,6-7,11-12,16H,2,4-5,8H2,1H3,(H,17,18). The number of hydrogen-bond acceptors (Lipinski definition) is 3. The summed E-state index contributed by atoms with van der Waals surface area (Å²) < 4.78 is 18.7. The Morgan fingerprint density at radius 1 is 1.58 bits per heavy atom. The summed E-state index contributed by atoms with van der Waals surface area (Å²) in [6.45, 7) is 2.23. The molecule has 1 unspecified atom stereocenters. The van der Waals surface area contributed by atoms with Crippen LogP contribution < -0.4 is 10.1 Å². The Labute approximate surface area is 111 Å². The molecule has 0 radical (unpaired) electrons. The van der Waals surface area contributed by atoms with Crippen LogP contribution in [0.2, 0.25) is 0 Å². The Kier molecular flexibility index (Phi) is 4.37. The van der Waals surface area contributed by atoms with Gasteiger partial charge in [-0.05, 0) is 37.5 Å². The van der Waals surface area contributed by atoms with Crippen LogP contribution in [0.5, 0.6) is 5.75 Å². The Morgan fingerprint density at radius 2 is 2.32 bits per heavy atom. The Bertz CT molecular complexity index is 460. The third-order valence-corrected chi connectivity index (χ3v) is 3.10. The number of carboxylic acids is 1. The van der Waals surface area contributed by atoms with Crippen molar-refractivity contribution in [1.82, 2.24) is 5.32 Å². The molecule has 5 heteroatoms. The Morgan fingerprint density at radius 3 is 2.89 bits per heavy atom. The molecule has 104 valence electrons. The third-order valence-electron chi connectivity index (χ3n) is 3.10. The Balaban J connectivity index is 2.10. The highest BCUT2D eigenvalue weighted by molar-refractivity contribution is 5.72. The van der Waals surface area contributed by atoms with Crippen molar-refractivity contribution in [2.75, 3.05) is 0 Å². The summed E-state index contributed by atoms with van der Waals surface area (Å²) in [5.74, 6) is -0.917. The molecule has 1 fully saturated rings. The first-order valence-electron chi connectivity index (χ1n) is 6.51. The highest BCUT2D eigenvalue weighted by atomic mass is 19.1. The minimum absolute atomic E-state index is 0.344. The van der Waals surface area contributed by atoms with Crippen molar-refractivity contribution < 1.29 is 19.0 Å². The van der Waals surface area contributed by atoms with Crippen molar-refractivity contribution >= 4 is 5.97 Å². The maximum Gasteiger partial charge on any atom is 0.344 e. The lowest BCUT2D eigenvalue weighted by molar-refractivity contribution is -0.145. The summed E-state index contributed by atoms with van der Waals surface area (Å²) in [6, 6.07) is 4.66. The second-order valence-electron chi connectivity index (χ2n) is 4.76. The van der Waals surface area contributed by atoms with Crippen LogP contribution >= 0.6 is 0 Å². The molecule has 0 heterocycles. The lowest BCUT2D eigenvalue weighted by Gasteiger charge is -2.16. The van der Waals surface area contributed by atoms with Gasteiger partial charge < -0.3 is 15.2 Å². The fourth-order valence-electron chi connectivity index (χ4n) is 1.80. The number of halogens is 1. The van der Waals surface area contributed by atoms with Gasteiger partial charge in [-0.1, -0.05) is 6.92 Å². The molecule has 0 saturated heterocycles. The summed E-state index contributed by atoms with van der Waals surface area (Å²) in [4.78, 5) is 11.0. The molecule has 0 amide bonds. The number of carbonyl (C=O) groups is 1. The van der Waals surface area contributed by atoms with Gasteiger partial charge >= 0.3 is 5.97 Å². The van der Waals surface area contributed by atoms with E-state index in [1.165, 1.54) is 18.2 Å². The summed E-state index contributed by atoms with van der Waals surface area (Å²) in [6.07, 6.45) is 1.74. The van der Waals surface area contributed by atoms with Crippen LogP contribution in [0.4, 0.5) is 4.39 Å². The lowest BCUT2D eigenvalue weighted by Crippen LogP contribution is -2.27. The van der Waals surface area contributed by atoms with Crippen LogP contribution in [0.15, 0.2) is 18.2 Å². The predicted octanol–water partition coefficient (Wildman–Crippen LogP) is 2.32. The van der Waals surface area contributed by atoms with Gasteiger partial charge in [0.2, 0.25) is 0 Å². The van der Waals surface area contributed by atoms with E-state index in [-0.39, 0.29) is 5.82 Å². The van der Waals surface area contributed by atoms with E-state index in [9.17, 15) is 9.18 Å². The lowest BCUT2D eigenvalue weighted by atomic mass is 10.2. The highest BCUT2D eigenvalue weighted by Gasteiger charge is 2.22. The van der Waals surface area contributed by atoms with Gasteiger partial charge in [0, 0.05) is 18.2 Å². The molecule has 2 rings (SSSR count). The topological polar surface area (TPSA) is 58.6 Å². The molecule has 1 aromatic carbocycles. The summed E-state index contributed by atoms with van der Waals surface area (Å²) >= 11 is 0. The smallest absolute Gasteiger partial charge is 0.344 e. The summed E-state index contributed by atoms with van der Waals surface area (Å²) in [5.41, 5.74) is 0.659. The first kappa shape index (κ1) is 13.8. The molecule has 1 atom stereocenters. The van der Waals surface area contributed by atoms with E-state index in [0.29, 0.717) is 30.3 Å². The molecule has 0 spiro atoms. The van der Waals surface area contributed by atoms with Gasteiger partial charge in [-0.3, -0.25) is 0 Å². The largest absolute Gasteiger partial charge is 0.479 e. The second kappa shape index (κ2) is 6.02. The van der Waals surface area contributed by atoms with Crippen molar-refractivity contribution in [2.24, 2.45) is 0 Å². The van der Waals surface area contributed by atoms with Crippen LogP contribution in [-0.2, 0) is 11.3 Å². The normalized spacial score (nSPS) is 16.1. The number of rotatable bonds is 7. The van der Waals surface area contributed by atoms with Crippen molar-refractivity contribution in [2.45, 2.75) is 44.9 Å². The summed E-state index contributed by atoms with van der Waals surface area (Å²) in [7, 11) is 0. The molecule has 4 nitrogen and oxygen atoms in total. The third kappa shape index (κ3) is 3.92. The number of aliphatic carboxylic acids is 1. The molecular weight excluding hydrogens is 249 g/mol. The molecule has 1 saturated carbocycles. The van der Waals surface area contributed by atoms with Crippen LogP contribution in [0.3, 0.4) is 0 Å². The molecule has 0 bridgehead atoms. The first-order chi connectivity index (χ1) is 9.10. The second-order valence-corrected chi connectivity index (χ2v) is 4.76. The zero-order valence-electron chi connectivity index (χ0n) is 10.9. The average molecular weight is 267 g/mol. The van der Waals surface area contributed by atoms with Gasteiger partial charge in [0.1, 0.15) is 11.6 Å². The van der Waals surface area contributed by atoms with Gasteiger partial charge in [-0.15, -0.1) is 0 Å². The van der Waals surface area contributed by atoms with E-state index in [1.807, 2.05) is 0 Å². The van der Waals surface area contributed by atoms with Crippen LogP contribution in [0.25, 0.3) is 0 Å². The van der Waals surface area contributed by atoms with Crippen molar-refractivity contribution in [3.63, 3.8) is 0 Å². The van der Waals surface area contributed by atoms with E-state index >= 15 is 0 Å². The van der Waals surface area contributed by atoms with Crippen molar-refractivity contribution in [3.05, 3.63) is 29.6 Å². The maximum atomic E-state index is 13.3. The Hall–Kier alpha value is -1.62. The number of ether oxygens (including phenoxy) is 1. The van der Waals surface area contributed by atoms with Crippen molar-refractivity contribution in [1.29, 1.82) is 0 Å². The molecule has 1 aliphatic rings. The van der Waals surface area contributed by atoms with Crippen LogP contribution in [0, 0.1) is 5.82 Å². The highest BCUT2D eigenvalue weighted by Crippen LogP contribution is 2.24. The van der Waals surface area contributed by atoms with Gasteiger partial charge in [0.05, 0.1) is 0 Å². The summed E-state index contributed by atoms with van der Waals surface area (Å²) in [5, 5.41) is 12.3. The quantitative estimate of drug-likeness (QED) is 0.796. The first-order valence-corrected chi connectivity index (χ1v) is 6.51. The fraction of sp³-hybridized carbons (Fsp3) is 0.500.